The number of hydrogen-bond acceptors (Lipinski definition) is 7. The number of amides is 3. The molecule has 9 nitrogen and oxygen atoms in total. The molecule has 0 radical (unpaired) electrons. The minimum Gasteiger partial charge on any atom is -0.457 e. The standard InChI is InChI=1S/C24H18ClN3O6S/c1-13-3-7-19(14(2)9-13)26-22(29)12-27-23(30)21(35-24(27)31)11-16-5-8-20(34-16)17-10-15(28(32)33)4-6-18(17)25/h3-11H,12H2,1-2H3,(H,26,29)/b21-11+. The zero-order valence-corrected chi connectivity index (χ0v) is 20.1. The first kappa shape index (κ1) is 24.2. The molecular formula is C24H18ClN3O6S. The molecule has 1 N–H and O–H groups in total. The van der Waals surface area contributed by atoms with Crippen LogP contribution in [-0.4, -0.2) is 33.4 Å². The van der Waals surface area contributed by atoms with Crippen molar-refractivity contribution in [3.05, 3.63) is 85.5 Å². The van der Waals surface area contributed by atoms with Gasteiger partial charge in [0.1, 0.15) is 18.1 Å². The van der Waals surface area contributed by atoms with Crippen molar-refractivity contribution < 1.29 is 23.7 Å². The summed E-state index contributed by atoms with van der Waals surface area (Å²) in [5.41, 5.74) is 2.68. The first-order valence-corrected chi connectivity index (χ1v) is 11.5. The van der Waals surface area contributed by atoms with E-state index in [0.29, 0.717) is 23.0 Å². The number of halogens is 1. The molecule has 3 aromatic rings. The summed E-state index contributed by atoms with van der Waals surface area (Å²) in [6, 6.07) is 12.6. The van der Waals surface area contributed by atoms with Crippen LogP contribution in [0.2, 0.25) is 5.02 Å². The number of aryl methyl sites for hydroxylation is 2. The number of anilines is 1. The lowest BCUT2D eigenvalue weighted by atomic mass is 10.1. The number of thioether (sulfide) groups is 1. The summed E-state index contributed by atoms with van der Waals surface area (Å²) >= 11 is 6.84. The van der Waals surface area contributed by atoms with Crippen LogP contribution in [0.1, 0.15) is 16.9 Å². The first-order valence-electron chi connectivity index (χ1n) is 10.3. The zero-order valence-electron chi connectivity index (χ0n) is 18.5. The van der Waals surface area contributed by atoms with E-state index >= 15 is 0 Å². The molecule has 0 spiro atoms. The Bertz CT molecular complexity index is 1410. The Morgan fingerprint density at radius 2 is 1.94 bits per heavy atom. The second kappa shape index (κ2) is 9.77. The van der Waals surface area contributed by atoms with Gasteiger partial charge < -0.3 is 9.73 Å². The number of carbonyl (C=O) groups is 3. The summed E-state index contributed by atoms with van der Waals surface area (Å²) in [5.74, 6) is -0.618. The van der Waals surface area contributed by atoms with Gasteiger partial charge in [0, 0.05) is 29.5 Å². The highest BCUT2D eigenvalue weighted by molar-refractivity contribution is 8.18. The highest BCUT2D eigenvalue weighted by Gasteiger charge is 2.36. The maximum Gasteiger partial charge on any atom is 0.294 e. The first-order chi connectivity index (χ1) is 16.6. The number of imide groups is 1. The minimum atomic E-state index is -0.623. The van der Waals surface area contributed by atoms with Gasteiger partial charge in [0.25, 0.3) is 16.8 Å². The topological polar surface area (TPSA) is 123 Å². The maximum atomic E-state index is 12.8. The van der Waals surface area contributed by atoms with Crippen molar-refractivity contribution in [1.29, 1.82) is 0 Å². The van der Waals surface area contributed by atoms with E-state index in [-0.39, 0.29) is 27.1 Å². The predicted octanol–water partition coefficient (Wildman–Crippen LogP) is 5.80. The van der Waals surface area contributed by atoms with Gasteiger partial charge in [-0.2, -0.15) is 0 Å². The quantitative estimate of drug-likeness (QED) is 0.252. The fraction of sp³-hybridized carbons (Fsp3) is 0.125. The van der Waals surface area contributed by atoms with Gasteiger partial charge in [-0.25, -0.2) is 0 Å². The summed E-state index contributed by atoms with van der Waals surface area (Å²) in [4.78, 5) is 49.1. The number of rotatable bonds is 6. The van der Waals surface area contributed by atoms with E-state index in [2.05, 4.69) is 5.32 Å². The van der Waals surface area contributed by atoms with E-state index in [1.54, 1.807) is 18.2 Å². The van der Waals surface area contributed by atoms with Crippen molar-refractivity contribution in [2.24, 2.45) is 0 Å². The summed E-state index contributed by atoms with van der Waals surface area (Å²) in [7, 11) is 0. The Kier molecular flexibility index (Phi) is 6.77. The van der Waals surface area contributed by atoms with Crippen molar-refractivity contribution in [3.8, 4) is 11.3 Å². The van der Waals surface area contributed by atoms with Gasteiger partial charge in [-0.3, -0.25) is 29.4 Å². The van der Waals surface area contributed by atoms with Gasteiger partial charge in [-0.15, -0.1) is 0 Å². The largest absolute Gasteiger partial charge is 0.457 e. The number of nitro benzene ring substituents is 1. The molecule has 2 heterocycles. The average Bonchev–Trinajstić information content (AvgIpc) is 3.36. The van der Waals surface area contributed by atoms with E-state index < -0.39 is 28.5 Å². The summed E-state index contributed by atoms with van der Waals surface area (Å²) in [5, 5.41) is 13.4. The van der Waals surface area contributed by atoms with Gasteiger partial charge >= 0.3 is 0 Å². The van der Waals surface area contributed by atoms with Crippen LogP contribution in [0.3, 0.4) is 0 Å². The smallest absolute Gasteiger partial charge is 0.294 e. The van der Waals surface area contributed by atoms with E-state index in [0.717, 1.165) is 16.0 Å². The number of furan rings is 1. The van der Waals surface area contributed by atoms with Crippen LogP contribution in [0, 0.1) is 24.0 Å². The second-order valence-corrected chi connectivity index (χ2v) is 9.16. The lowest BCUT2D eigenvalue weighted by molar-refractivity contribution is -0.384. The van der Waals surface area contributed by atoms with Gasteiger partial charge in [0.15, 0.2) is 0 Å². The number of nitrogens with zero attached hydrogens (tertiary/aromatic N) is 2. The molecule has 1 aromatic heterocycles. The van der Waals surface area contributed by atoms with Gasteiger partial charge in [0.05, 0.1) is 14.9 Å². The second-order valence-electron chi connectivity index (χ2n) is 7.76. The van der Waals surface area contributed by atoms with Crippen molar-refractivity contribution in [2.45, 2.75) is 13.8 Å². The number of nitrogens with one attached hydrogen (secondary N) is 1. The van der Waals surface area contributed by atoms with Crippen LogP contribution in [0.4, 0.5) is 16.2 Å². The van der Waals surface area contributed by atoms with E-state index in [4.69, 9.17) is 16.0 Å². The monoisotopic (exact) mass is 511 g/mol. The lowest BCUT2D eigenvalue weighted by Crippen LogP contribution is -2.36. The third-order valence-corrected chi connectivity index (χ3v) is 6.39. The Hall–Kier alpha value is -3.89. The maximum absolute atomic E-state index is 12.8. The average molecular weight is 512 g/mol. The fourth-order valence-corrected chi connectivity index (χ4v) is 4.47. The third-order valence-electron chi connectivity index (χ3n) is 5.16. The Labute approximate surface area is 208 Å². The van der Waals surface area contributed by atoms with Crippen molar-refractivity contribution in [1.82, 2.24) is 4.90 Å². The lowest BCUT2D eigenvalue weighted by Gasteiger charge is -2.13. The molecule has 4 rings (SSSR count). The molecule has 11 heteroatoms. The molecule has 0 bridgehead atoms. The molecule has 0 saturated carbocycles. The minimum absolute atomic E-state index is 0.0837. The zero-order chi connectivity index (χ0) is 25.3. The summed E-state index contributed by atoms with van der Waals surface area (Å²) < 4.78 is 5.69. The number of carbonyl (C=O) groups excluding carboxylic acids is 3. The molecule has 1 aliphatic rings. The molecule has 0 unspecified atom stereocenters. The molecule has 1 saturated heterocycles. The van der Waals surface area contributed by atoms with Crippen molar-refractivity contribution in [2.75, 3.05) is 11.9 Å². The SMILES string of the molecule is Cc1ccc(NC(=O)CN2C(=O)S/C(=C/c3ccc(-c4cc([N+](=O)[O-])ccc4Cl)o3)C2=O)c(C)c1. The van der Waals surface area contributed by atoms with Gasteiger partial charge in [-0.05, 0) is 55.4 Å². The van der Waals surface area contributed by atoms with Crippen molar-refractivity contribution in [3.63, 3.8) is 0 Å². The highest BCUT2D eigenvalue weighted by atomic mass is 35.5. The van der Waals surface area contributed by atoms with Crippen LogP contribution in [-0.2, 0) is 9.59 Å². The molecule has 2 aromatic carbocycles. The fourth-order valence-electron chi connectivity index (χ4n) is 3.44. The molecule has 1 fully saturated rings. The molecule has 0 atom stereocenters. The number of hydrogen-bond donors (Lipinski definition) is 1. The van der Waals surface area contributed by atoms with Gasteiger partial charge in [-0.1, -0.05) is 29.3 Å². The van der Waals surface area contributed by atoms with Crippen LogP contribution in [0.25, 0.3) is 17.4 Å². The molecule has 1 aliphatic heterocycles. The van der Waals surface area contributed by atoms with Crippen LogP contribution >= 0.6 is 23.4 Å². The normalized spacial score (nSPS) is 14.6. The third kappa shape index (κ3) is 5.28. The molecule has 3 amide bonds. The number of nitro groups is 1. The van der Waals surface area contributed by atoms with Crippen LogP contribution in [0.5, 0.6) is 0 Å². The number of benzene rings is 2. The molecule has 178 valence electrons. The Balaban J connectivity index is 1.49. The number of non-ortho nitro benzene ring substituents is 1. The summed E-state index contributed by atoms with van der Waals surface area (Å²) in [6.45, 7) is 3.36. The molecule has 35 heavy (non-hydrogen) atoms. The predicted molar refractivity (Wildman–Crippen MR) is 133 cm³/mol. The molecule has 0 aliphatic carbocycles. The molecular weight excluding hydrogens is 494 g/mol. The van der Waals surface area contributed by atoms with E-state index in [1.807, 2.05) is 26.0 Å². The van der Waals surface area contributed by atoms with Crippen molar-refractivity contribution >= 4 is 57.9 Å². The van der Waals surface area contributed by atoms with E-state index in [1.165, 1.54) is 24.3 Å². The highest BCUT2D eigenvalue weighted by Crippen LogP contribution is 2.35. The Morgan fingerprint density at radius 3 is 2.66 bits per heavy atom. The van der Waals surface area contributed by atoms with Crippen LogP contribution in [0.15, 0.2) is 57.9 Å². The van der Waals surface area contributed by atoms with E-state index in [9.17, 15) is 24.5 Å². The Morgan fingerprint density at radius 1 is 1.17 bits per heavy atom. The van der Waals surface area contributed by atoms with Crippen LogP contribution < -0.4 is 5.32 Å². The summed E-state index contributed by atoms with van der Waals surface area (Å²) in [6.07, 6.45) is 1.38. The van der Waals surface area contributed by atoms with Gasteiger partial charge in [0.2, 0.25) is 5.91 Å².